The number of nitrogens with zero attached hydrogens (tertiary/aromatic N) is 7. The van der Waals surface area contributed by atoms with Crippen LogP contribution in [0.5, 0.6) is 0 Å². The number of carbonyl (C=O) groups excluding carboxylic acids is 2. The second-order valence-electron chi connectivity index (χ2n) is 11.1. The van der Waals surface area contributed by atoms with E-state index in [9.17, 15) is 9.59 Å². The van der Waals surface area contributed by atoms with E-state index in [0.29, 0.717) is 25.5 Å². The van der Waals surface area contributed by atoms with Crippen LogP contribution in [0, 0.1) is 5.92 Å². The highest BCUT2D eigenvalue weighted by molar-refractivity contribution is 5.99. The maximum Gasteiger partial charge on any atom is 0.244 e. The number of hydrogen-bond donors (Lipinski definition) is 2. The van der Waals surface area contributed by atoms with Gasteiger partial charge in [0.2, 0.25) is 11.8 Å². The molecule has 0 aliphatic carbocycles. The number of benzene rings is 2. The maximum atomic E-state index is 13.5. The topological polar surface area (TPSA) is 121 Å². The summed E-state index contributed by atoms with van der Waals surface area (Å²) in [5.74, 6) is 0.713. The van der Waals surface area contributed by atoms with Crippen LogP contribution in [0.1, 0.15) is 6.42 Å². The molecule has 0 spiro atoms. The summed E-state index contributed by atoms with van der Waals surface area (Å²) in [6.45, 7) is 4.43. The number of fused-ring (bicyclic) bond motifs is 1. The average Bonchev–Trinajstić information content (AvgIpc) is 3.75. The molecule has 5 heterocycles. The zero-order valence-corrected chi connectivity index (χ0v) is 24.3. The van der Waals surface area contributed by atoms with E-state index in [-0.39, 0.29) is 24.3 Å². The maximum absolute atomic E-state index is 13.5. The summed E-state index contributed by atoms with van der Waals surface area (Å²) in [6.07, 6.45) is 7.77. The molecule has 2 N–H and O–H groups in total. The molecule has 44 heavy (non-hydrogen) atoms. The Morgan fingerprint density at radius 3 is 2.39 bits per heavy atom. The molecule has 5 aromatic rings. The highest BCUT2D eigenvalue weighted by Gasteiger charge is 2.25. The fourth-order valence-corrected chi connectivity index (χ4v) is 5.93. The lowest BCUT2D eigenvalue weighted by atomic mass is 10.1. The summed E-state index contributed by atoms with van der Waals surface area (Å²) in [5, 5.41) is 12.1. The van der Waals surface area contributed by atoms with Gasteiger partial charge in [-0.1, -0.05) is 0 Å². The first kappa shape index (κ1) is 27.7. The first-order chi connectivity index (χ1) is 21.6. The Morgan fingerprint density at radius 2 is 1.66 bits per heavy atom. The Hall–Kier alpha value is -5.16. The van der Waals surface area contributed by atoms with E-state index in [2.05, 4.69) is 42.6 Å². The summed E-state index contributed by atoms with van der Waals surface area (Å²) in [5.41, 5.74) is 5.30. The fraction of sp³-hybridized carbons (Fsp3) is 0.273. The quantitative estimate of drug-likeness (QED) is 0.297. The molecular formula is C33H33N9O2. The van der Waals surface area contributed by atoms with Crippen LogP contribution in [-0.4, -0.2) is 80.7 Å². The monoisotopic (exact) mass is 587 g/mol. The number of piperazine rings is 1. The van der Waals surface area contributed by atoms with Crippen LogP contribution in [0.2, 0.25) is 0 Å². The SMILES string of the molecule is O=C(Nc1ccc2c(c1)c(-c1ccncc1)nn2CC(=O)N1CCN(c2ccc(-c3ncccn3)cc2)CC1)[C@@H]1CCNC1. The molecule has 2 fully saturated rings. The molecule has 2 aliphatic heterocycles. The number of anilines is 2. The third-order valence-electron chi connectivity index (χ3n) is 8.38. The van der Waals surface area contributed by atoms with Crippen molar-refractivity contribution in [3.05, 3.63) is 85.5 Å². The normalized spacial score (nSPS) is 16.8. The molecule has 0 bridgehead atoms. The highest BCUT2D eigenvalue weighted by Crippen LogP contribution is 2.31. The van der Waals surface area contributed by atoms with Crippen molar-refractivity contribution in [2.75, 3.05) is 49.5 Å². The summed E-state index contributed by atoms with van der Waals surface area (Å²) < 4.78 is 1.77. The number of aromatic nitrogens is 5. The van der Waals surface area contributed by atoms with E-state index in [1.807, 2.05) is 47.4 Å². The lowest BCUT2D eigenvalue weighted by molar-refractivity contribution is -0.132. The summed E-state index contributed by atoms with van der Waals surface area (Å²) in [6, 6.07) is 19.6. The third-order valence-corrected chi connectivity index (χ3v) is 8.38. The van der Waals surface area contributed by atoms with Crippen LogP contribution in [0.15, 0.2) is 85.5 Å². The van der Waals surface area contributed by atoms with Gasteiger partial charge in [0.05, 0.1) is 11.4 Å². The van der Waals surface area contributed by atoms with Crippen molar-refractivity contribution < 1.29 is 9.59 Å². The zero-order valence-electron chi connectivity index (χ0n) is 24.3. The summed E-state index contributed by atoms with van der Waals surface area (Å²) >= 11 is 0. The molecule has 0 saturated carbocycles. The van der Waals surface area contributed by atoms with Gasteiger partial charge in [0.15, 0.2) is 5.82 Å². The molecule has 2 aliphatic rings. The van der Waals surface area contributed by atoms with E-state index in [4.69, 9.17) is 5.10 Å². The molecule has 2 amide bonds. The molecule has 7 rings (SSSR count). The van der Waals surface area contributed by atoms with Gasteiger partial charge >= 0.3 is 0 Å². The van der Waals surface area contributed by atoms with Crippen molar-refractivity contribution in [2.45, 2.75) is 13.0 Å². The minimum atomic E-state index is -0.0329. The van der Waals surface area contributed by atoms with Crippen molar-refractivity contribution in [1.82, 2.24) is 34.9 Å². The third kappa shape index (κ3) is 5.73. The van der Waals surface area contributed by atoms with Crippen LogP contribution < -0.4 is 15.5 Å². The Bertz CT molecular complexity index is 1760. The minimum absolute atomic E-state index is 0.0164. The summed E-state index contributed by atoms with van der Waals surface area (Å²) in [4.78, 5) is 43.3. The predicted molar refractivity (Wildman–Crippen MR) is 169 cm³/mol. The molecule has 1 atom stereocenters. The Balaban J connectivity index is 1.05. The molecule has 0 unspecified atom stereocenters. The van der Waals surface area contributed by atoms with Crippen molar-refractivity contribution in [3.63, 3.8) is 0 Å². The number of nitrogens with one attached hydrogen (secondary N) is 2. The van der Waals surface area contributed by atoms with Crippen LogP contribution in [-0.2, 0) is 16.1 Å². The van der Waals surface area contributed by atoms with Gasteiger partial charge < -0.3 is 20.4 Å². The Kier molecular flexibility index (Phi) is 7.68. The number of amides is 2. The van der Waals surface area contributed by atoms with Crippen molar-refractivity contribution >= 4 is 34.1 Å². The number of carbonyl (C=O) groups is 2. The van der Waals surface area contributed by atoms with Gasteiger partial charge in [0.25, 0.3) is 0 Å². The number of hydrogen-bond acceptors (Lipinski definition) is 8. The first-order valence-electron chi connectivity index (χ1n) is 14.9. The standard InChI is InChI=1S/C33H33N9O2/c43-30(41-18-16-40(17-19-41)27-5-2-24(3-6-27)32-36-11-1-12-37-32)22-42-29-7-4-26(38-33(44)25-10-15-35-21-25)20-28(29)31(39-42)23-8-13-34-14-9-23/h1-9,11-14,20,25,35H,10,15-19,21-22H2,(H,38,44)/t25-/m1/s1. The van der Waals surface area contributed by atoms with Crippen molar-refractivity contribution in [2.24, 2.45) is 5.92 Å². The summed E-state index contributed by atoms with van der Waals surface area (Å²) in [7, 11) is 0. The number of pyridine rings is 1. The second kappa shape index (κ2) is 12.2. The van der Waals surface area contributed by atoms with E-state index >= 15 is 0 Å². The molecule has 11 heteroatoms. The minimum Gasteiger partial charge on any atom is -0.368 e. The first-order valence-corrected chi connectivity index (χ1v) is 14.9. The van der Waals surface area contributed by atoms with Gasteiger partial charge in [-0.25, -0.2) is 9.97 Å². The van der Waals surface area contributed by atoms with E-state index < -0.39 is 0 Å². The molecule has 11 nitrogen and oxygen atoms in total. The van der Waals surface area contributed by atoms with Gasteiger partial charge in [-0.05, 0) is 73.6 Å². The van der Waals surface area contributed by atoms with Gasteiger partial charge in [0.1, 0.15) is 12.2 Å². The average molecular weight is 588 g/mol. The van der Waals surface area contributed by atoms with Gasteiger partial charge in [-0.2, -0.15) is 5.10 Å². The Morgan fingerprint density at radius 1 is 0.886 bits per heavy atom. The molecule has 2 aromatic carbocycles. The van der Waals surface area contributed by atoms with Gasteiger partial charge in [-0.3, -0.25) is 19.3 Å². The molecule has 2 saturated heterocycles. The zero-order chi connectivity index (χ0) is 29.9. The predicted octanol–water partition coefficient (Wildman–Crippen LogP) is 3.45. The van der Waals surface area contributed by atoms with Gasteiger partial charge in [0, 0.05) is 85.4 Å². The highest BCUT2D eigenvalue weighted by atomic mass is 16.2. The van der Waals surface area contributed by atoms with Crippen LogP contribution in [0.4, 0.5) is 11.4 Å². The van der Waals surface area contributed by atoms with Crippen LogP contribution in [0.25, 0.3) is 33.5 Å². The number of rotatable bonds is 7. The molecule has 222 valence electrons. The Labute approximate surface area is 254 Å². The molecule has 0 radical (unpaired) electrons. The lowest BCUT2D eigenvalue weighted by Gasteiger charge is -2.36. The van der Waals surface area contributed by atoms with Gasteiger partial charge in [-0.15, -0.1) is 0 Å². The van der Waals surface area contributed by atoms with Crippen molar-refractivity contribution in [3.8, 4) is 22.6 Å². The van der Waals surface area contributed by atoms with E-state index in [1.165, 1.54) is 0 Å². The van der Waals surface area contributed by atoms with E-state index in [0.717, 1.165) is 65.2 Å². The van der Waals surface area contributed by atoms with Crippen molar-refractivity contribution in [1.29, 1.82) is 0 Å². The van der Waals surface area contributed by atoms with Crippen LogP contribution in [0.3, 0.4) is 0 Å². The van der Waals surface area contributed by atoms with E-state index in [1.54, 1.807) is 35.5 Å². The molecule has 3 aromatic heterocycles. The largest absolute Gasteiger partial charge is 0.368 e. The smallest absolute Gasteiger partial charge is 0.244 e. The second-order valence-corrected chi connectivity index (χ2v) is 11.1. The lowest BCUT2D eigenvalue weighted by Crippen LogP contribution is -2.49. The van der Waals surface area contributed by atoms with Crippen LogP contribution >= 0.6 is 0 Å². The molecular weight excluding hydrogens is 554 g/mol. The fourth-order valence-electron chi connectivity index (χ4n) is 5.93.